The lowest BCUT2D eigenvalue weighted by atomic mass is 9.88. The highest BCUT2D eigenvalue weighted by Crippen LogP contribution is 2.38. The number of hydrogen-bond acceptors (Lipinski definition) is 3. The van der Waals surface area contributed by atoms with Gasteiger partial charge in [-0.15, -0.1) is 0 Å². The summed E-state index contributed by atoms with van der Waals surface area (Å²) in [5, 5.41) is 3.56. The second-order valence-electron chi connectivity index (χ2n) is 7.13. The zero-order chi connectivity index (χ0) is 18.8. The lowest BCUT2D eigenvalue weighted by molar-refractivity contribution is 0.292. The van der Waals surface area contributed by atoms with E-state index in [0.717, 1.165) is 19.3 Å². The maximum Gasteiger partial charge on any atom is 0.180 e. The molecule has 1 aliphatic rings. The van der Waals surface area contributed by atoms with E-state index in [2.05, 4.69) is 12.2 Å². The van der Waals surface area contributed by atoms with E-state index in [9.17, 15) is 12.8 Å². The summed E-state index contributed by atoms with van der Waals surface area (Å²) in [7, 11) is -3.47. The largest absolute Gasteiger partial charge is 0.300 e. The first kappa shape index (κ1) is 19.1. The van der Waals surface area contributed by atoms with Crippen LogP contribution in [0.25, 0.3) is 0 Å². The lowest BCUT2D eigenvalue weighted by Crippen LogP contribution is -2.50. The fourth-order valence-electron chi connectivity index (χ4n) is 3.86. The standard InChI is InChI=1S/C21H26FNO2S/c1-3-5-14-21(4-2)15-26(24,25)19-13-9-7-11-17(19)20(23-21)16-10-6-8-12-18(16)22/h6-13,20,23H,3-5,14-15H2,1-2H3. The number of unbranched alkanes of at least 4 members (excludes halogenated alkanes) is 1. The van der Waals surface area contributed by atoms with Crippen molar-refractivity contribution in [3.8, 4) is 0 Å². The summed E-state index contributed by atoms with van der Waals surface area (Å²) in [5.74, 6) is -0.280. The van der Waals surface area contributed by atoms with E-state index < -0.39 is 21.4 Å². The third-order valence-corrected chi connectivity index (χ3v) is 7.36. The molecule has 0 aromatic heterocycles. The van der Waals surface area contributed by atoms with Crippen LogP contribution < -0.4 is 5.32 Å². The topological polar surface area (TPSA) is 46.2 Å². The van der Waals surface area contributed by atoms with Crippen LogP contribution >= 0.6 is 0 Å². The van der Waals surface area contributed by atoms with Gasteiger partial charge in [0.25, 0.3) is 0 Å². The quantitative estimate of drug-likeness (QED) is 0.829. The third kappa shape index (κ3) is 3.55. The van der Waals surface area contributed by atoms with Gasteiger partial charge in [0, 0.05) is 11.1 Å². The molecule has 0 aliphatic carbocycles. The first-order chi connectivity index (χ1) is 12.4. The van der Waals surface area contributed by atoms with Gasteiger partial charge in [-0.2, -0.15) is 0 Å². The van der Waals surface area contributed by atoms with Crippen molar-refractivity contribution in [3.05, 3.63) is 65.5 Å². The van der Waals surface area contributed by atoms with Gasteiger partial charge in [0.2, 0.25) is 0 Å². The Balaban J connectivity index is 2.21. The molecule has 0 fully saturated rings. The van der Waals surface area contributed by atoms with E-state index >= 15 is 0 Å². The number of benzene rings is 2. The van der Waals surface area contributed by atoms with Gasteiger partial charge in [-0.3, -0.25) is 5.32 Å². The molecule has 2 aromatic rings. The molecule has 0 saturated carbocycles. The minimum absolute atomic E-state index is 0.0401. The lowest BCUT2D eigenvalue weighted by Gasteiger charge is -2.36. The fourth-order valence-corrected chi connectivity index (χ4v) is 6.01. The summed E-state index contributed by atoms with van der Waals surface area (Å²) in [6.45, 7) is 4.10. The molecule has 0 bridgehead atoms. The Hall–Kier alpha value is -1.72. The molecule has 3 nitrogen and oxygen atoms in total. The van der Waals surface area contributed by atoms with Crippen molar-refractivity contribution in [2.75, 3.05) is 5.75 Å². The van der Waals surface area contributed by atoms with Gasteiger partial charge in [0.15, 0.2) is 9.84 Å². The maximum absolute atomic E-state index is 14.6. The molecule has 1 heterocycles. The highest BCUT2D eigenvalue weighted by Gasteiger charge is 2.42. The number of rotatable bonds is 5. The van der Waals surface area contributed by atoms with Gasteiger partial charge in [-0.1, -0.05) is 63.1 Å². The minimum atomic E-state index is -3.47. The van der Waals surface area contributed by atoms with Gasteiger partial charge in [-0.05, 0) is 30.5 Å². The van der Waals surface area contributed by atoms with Crippen molar-refractivity contribution >= 4 is 9.84 Å². The normalized spacial score (nSPS) is 24.7. The Morgan fingerprint density at radius 1 is 1.08 bits per heavy atom. The molecular weight excluding hydrogens is 349 g/mol. The predicted octanol–water partition coefficient (Wildman–Crippen LogP) is 4.63. The van der Waals surface area contributed by atoms with Crippen LogP contribution in [0.15, 0.2) is 53.4 Å². The number of fused-ring (bicyclic) bond motifs is 1. The molecule has 0 saturated heterocycles. The Kier molecular flexibility index (Phi) is 5.49. The van der Waals surface area contributed by atoms with E-state index in [1.807, 2.05) is 13.0 Å². The Morgan fingerprint density at radius 3 is 2.38 bits per heavy atom. The van der Waals surface area contributed by atoms with E-state index in [-0.39, 0.29) is 11.6 Å². The summed E-state index contributed by atoms with van der Waals surface area (Å²) in [5.41, 5.74) is 0.552. The average molecular weight is 376 g/mol. The number of nitrogens with one attached hydrogen (secondary N) is 1. The summed E-state index contributed by atoms with van der Waals surface area (Å²) < 4.78 is 40.9. The van der Waals surface area contributed by atoms with Crippen LogP contribution in [-0.2, 0) is 9.84 Å². The van der Waals surface area contributed by atoms with Crippen molar-refractivity contribution in [3.63, 3.8) is 0 Å². The SMILES string of the molecule is CCCCC1(CC)CS(=O)(=O)c2ccccc2C(c2ccccc2F)N1. The van der Waals surface area contributed by atoms with Crippen molar-refractivity contribution in [2.45, 2.75) is 56.0 Å². The summed E-state index contributed by atoms with van der Waals surface area (Å²) >= 11 is 0. The first-order valence-electron chi connectivity index (χ1n) is 9.26. The van der Waals surface area contributed by atoms with Crippen LogP contribution in [-0.4, -0.2) is 19.7 Å². The Labute approximate surface area is 155 Å². The zero-order valence-electron chi connectivity index (χ0n) is 15.3. The van der Waals surface area contributed by atoms with Crippen molar-refractivity contribution in [1.29, 1.82) is 0 Å². The third-order valence-electron chi connectivity index (χ3n) is 5.38. The molecule has 0 radical (unpaired) electrons. The summed E-state index contributed by atoms with van der Waals surface area (Å²) in [4.78, 5) is 0.313. The molecule has 1 N–H and O–H groups in total. The highest BCUT2D eigenvalue weighted by molar-refractivity contribution is 7.91. The molecule has 2 aromatic carbocycles. The van der Waals surface area contributed by atoms with Gasteiger partial charge >= 0.3 is 0 Å². The van der Waals surface area contributed by atoms with Crippen LogP contribution in [0.3, 0.4) is 0 Å². The molecule has 26 heavy (non-hydrogen) atoms. The van der Waals surface area contributed by atoms with Crippen molar-refractivity contribution < 1.29 is 12.8 Å². The first-order valence-corrected chi connectivity index (χ1v) is 10.9. The van der Waals surface area contributed by atoms with Crippen LogP contribution in [0.2, 0.25) is 0 Å². The molecular formula is C21H26FNO2S. The molecule has 5 heteroatoms. The van der Waals surface area contributed by atoms with E-state index in [0.29, 0.717) is 22.4 Å². The Morgan fingerprint density at radius 2 is 1.73 bits per heavy atom. The van der Waals surface area contributed by atoms with E-state index in [1.54, 1.807) is 36.4 Å². The second-order valence-corrected chi connectivity index (χ2v) is 9.09. The number of sulfone groups is 1. The number of halogens is 1. The highest BCUT2D eigenvalue weighted by atomic mass is 32.2. The van der Waals surface area contributed by atoms with E-state index in [4.69, 9.17) is 0 Å². The van der Waals surface area contributed by atoms with Crippen LogP contribution in [0, 0.1) is 5.82 Å². The number of hydrogen-bond donors (Lipinski definition) is 1. The van der Waals surface area contributed by atoms with E-state index in [1.165, 1.54) is 6.07 Å². The van der Waals surface area contributed by atoms with Gasteiger partial charge in [0.1, 0.15) is 5.82 Å². The minimum Gasteiger partial charge on any atom is -0.300 e. The van der Waals surface area contributed by atoms with Gasteiger partial charge in [-0.25, -0.2) is 12.8 Å². The molecule has 140 valence electrons. The smallest absolute Gasteiger partial charge is 0.180 e. The molecule has 0 amide bonds. The summed E-state index contributed by atoms with van der Waals surface area (Å²) in [6.07, 6.45) is 3.33. The van der Waals surface area contributed by atoms with Crippen LogP contribution in [0.4, 0.5) is 4.39 Å². The van der Waals surface area contributed by atoms with Crippen LogP contribution in [0.1, 0.15) is 56.7 Å². The van der Waals surface area contributed by atoms with Gasteiger partial charge in [0.05, 0.1) is 16.7 Å². The molecule has 1 aliphatic heterocycles. The van der Waals surface area contributed by atoms with Crippen LogP contribution in [0.5, 0.6) is 0 Å². The van der Waals surface area contributed by atoms with Crippen molar-refractivity contribution in [2.24, 2.45) is 0 Å². The molecule has 3 rings (SSSR count). The maximum atomic E-state index is 14.6. The predicted molar refractivity (Wildman–Crippen MR) is 102 cm³/mol. The molecule has 2 atom stereocenters. The Bertz CT molecular complexity index is 881. The van der Waals surface area contributed by atoms with Gasteiger partial charge < -0.3 is 0 Å². The summed E-state index contributed by atoms with van der Waals surface area (Å²) in [6, 6.07) is 13.1. The fraction of sp³-hybridized carbons (Fsp3) is 0.429. The molecule has 0 spiro atoms. The molecule has 2 unspecified atom stereocenters. The average Bonchev–Trinajstić information content (AvgIpc) is 2.74. The monoisotopic (exact) mass is 375 g/mol. The van der Waals surface area contributed by atoms with Crippen molar-refractivity contribution in [1.82, 2.24) is 5.32 Å². The second kappa shape index (κ2) is 7.49. The zero-order valence-corrected chi connectivity index (χ0v) is 16.2.